The molecule has 1 aliphatic heterocycles. The highest BCUT2D eigenvalue weighted by Crippen LogP contribution is 2.40. The van der Waals surface area contributed by atoms with Crippen molar-refractivity contribution in [2.24, 2.45) is 0 Å². The molecule has 0 saturated carbocycles. The number of alkyl halides is 6. The van der Waals surface area contributed by atoms with Crippen molar-refractivity contribution in [1.29, 1.82) is 0 Å². The first-order valence-corrected chi connectivity index (χ1v) is 13.2. The molecule has 0 aliphatic carbocycles. The Morgan fingerprint density at radius 1 is 1.10 bits per heavy atom. The summed E-state index contributed by atoms with van der Waals surface area (Å²) in [6.45, 7) is 0.917. The third-order valence-corrected chi connectivity index (χ3v) is 6.91. The van der Waals surface area contributed by atoms with Gasteiger partial charge in [0.2, 0.25) is 0 Å². The molecule has 1 fully saturated rings. The molecule has 1 aliphatic rings. The molecule has 41 heavy (non-hydrogen) atoms. The van der Waals surface area contributed by atoms with Gasteiger partial charge in [-0.2, -0.15) is 30.8 Å². The number of benzene rings is 2. The minimum atomic E-state index is -5.57. The molecule has 2 heterocycles. The van der Waals surface area contributed by atoms with Gasteiger partial charge in [-0.3, -0.25) is 9.88 Å². The van der Waals surface area contributed by atoms with Crippen molar-refractivity contribution in [3.8, 4) is 0 Å². The van der Waals surface area contributed by atoms with Gasteiger partial charge in [0.1, 0.15) is 11.6 Å². The predicted molar refractivity (Wildman–Crippen MR) is 121 cm³/mol. The molecule has 4 rings (SSSR count). The summed E-state index contributed by atoms with van der Waals surface area (Å²) in [5.74, 6) is -0.869. The van der Waals surface area contributed by atoms with E-state index in [4.69, 9.17) is 9.47 Å². The Labute approximate surface area is 226 Å². The van der Waals surface area contributed by atoms with Crippen LogP contribution in [0.15, 0.2) is 47.3 Å². The minimum Gasteiger partial charge on any atom is -0.793 e. The topological polar surface area (TPSA) is 136 Å². The second-order valence-electron chi connectivity index (χ2n) is 9.06. The van der Waals surface area contributed by atoms with Crippen LogP contribution in [-0.2, 0) is 32.9 Å². The quantitative estimate of drug-likeness (QED) is 0.318. The van der Waals surface area contributed by atoms with Gasteiger partial charge in [-0.25, -0.2) is 9.18 Å². The van der Waals surface area contributed by atoms with Crippen LogP contribution in [0.25, 0.3) is 0 Å². The number of nitrogens with one attached hydrogen (secondary N) is 1. The molecule has 10 nitrogen and oxygen atoms in total. The van der Waals surface area contributed by atoms with Crippen LogP contribution in [0.2, 0.25) is 0 Å². The van der Waals surface area contributed by atoms with Crippen LogP contribution in [-0.4, -0.2) is 38.9 Å². The fourth-order valence-corrected chi connectivity index (χ4v) is 4.78. The number of nitrogens with zero attached hydrogens (tertiary/aromatic N) is 3. The van der Waals surface area contributed by atoms with Gasteiger partial charge in [0.05, 0.1) is 44.2 Å². The third kappa shape index (κ3) is 7.23. The van der Waals surface area contributed by atoms with E-state index in [2.05, 4.69) is 10.1 Å². The predicted octanol–water partition coefficient (Wildman–Crippen LogP) is 3.10. The monoisotopic (exact) mass is 612 g/mol. The number of ether oxygens (including phenoxy) is 2. The smallest absolute Gasteiger partial charge is 0.416 e. The maximum absolute atomic E-state index is 13.7. The molecular weight excluding hydrogens is 592 g/mol. The Morgan fingerprint density at radius 2 is 1.68 bits per heavy atom. The first kappa shape index (κ1) is 30.9. The normalized spacial score (nSPS) is 19.9. The van der Waals surface area contributed by atoms with Crippen LogP contribution >= 0.6 is 7.75 Å². The Hall–Kier alpha value is -3.08. The Kier molecular flexibility index (Phi) is 8.51. The van der Waals surface area contributed by atoms with Gasteiger partial charge < -0.3 is 23.8 Å². The summed E-state index contributed by atoms with van der Waals surface area (Å²) < 4.78 is 116. The summed E-state index contributed by atoms with van der Waals surface area (Å²) >= 11 is 0. The highest BCUT2D eigenvalue weighted by Gasteiger charge is 2.39. The summed E-state index contributed by atoms with van der Waals surface area (Å²) in [7, 11) is -5.57. The van der Waals surface area contributed by atoms with Crippen molar-refractivity contribution in [3.05, 3.63) is 86.8 Å². The molecule has 1 aromatic heterocycles. The van der Waals surface area contributed by atoms with Crippen molar-refractivity contribution < 1.29 is 54.6 Å². The van der Waals surface area contributed by atoms with E-state index >= 15 is 0 Å². The molecule has 3 atom stereocenters. The van der Waals surface area contributed by atoms with Crippen molar-refractivity contribution in [3.63, 3.8) is 0 Å². The van der Waals surface area contributed by atoms with Crippen LogP contribution < -0.4 is 15.5 Å². The van der Waals surface area contributed by atoms with Crippen LogP contribution in [0.5, 0.6) is 0 Å². The van der Waals surface area contributed by atoms with E-state index in [0.29, 0.717) is 17.7 Å². The molecule has 3 aromatic rings. The highest BCUT2D eigenvalue weighted by molar-refractivity contribution is 7.46. The van der Waals surface area contributed by atoms with Crippen LogP contribution in [0.1, 0.15) is 47.1 Å². The number of rotatable bonds is 7. The van der Waals surface area contributed by atoms with Crippen LogP contribution in [0.3, 0.4) is 0 Å². The number of hydrogen-bond donors (Lipinski definition) is 1. The van der Waals surface area contributed by atoms with Gasteiger partial charge >= 0.3 is 18.0 Å². The number of H-pyrrole nitrogens is 1. The van der Waals surface area contributed by atoms with E-state index < -0.39 is 66.7 Å². The van der Waals surface area contributed by atoms with E-state index in [1.54, 1.807) is 0 Å². The summed E-state index contributed by atoms with van der Waals surface area (Å²) in [5, 5.41) is 3.48. The van der Waals surface area contributed by atoms with Crippen molar-refractivity contribution in [2.75, 3.05) is 13.2 Å². The molecule has 18 heteroatoms. The van der Waals surface area contributed by atoms with Gasteiger partial charge in [-0.15, -0.1) is 5.10 Å². The number of aromatic amines is 1. The van der Waals surface area contributed by atoms with Crippen molar-refractivity contribution in [1.82, 2.24) is 19.4 Å². The molecule has 2 aromatic carbocycles. The summed E-state index contributed by atoms with van der Waals surface area (Å²) in [4.78, 5) is 38.1. The molecule has 0 bridgehead atoms. The molecule has 1 saturated heterocycles. The average Bonchev–Trinajstić information content (AvgIpc) is 3.24. The summed E-state index contributed by atoms with van der Waals surface area (Å²) in [6, 6.07) is 4.88. The van der Waals surface area contributed by atoms with E-state index in [1.807, 2.05) is 0 Å². The number of hydrogen-bond acceptors (Lipinski definition) is 8. The first-order chi connectivity index (χ1) is 18.9. The molecule has 0 radical (unpaired) electrons. The summed E-state index contributed by atoms with van der Waals surface area (Å²) in [5.41, 5.74) is -4.49. The second-order valence-corrected chi connectivity index (χ2v) is 10.4. The van der Waals surface area contributed by atoms with E-state index in [1.165, 1.54) is 24.0 Å². The summed E-state index contributed by atoms with van der Waals surface area (Å²) in [6.07, 6.45) is -12.9. The molecule has 1 N–H and O–H groups in total. The van der Waals surface area contributed by atoms with E-state index in [9.17, 15) is 49.9 Å². The fourth-order valence-electron chi connectivity index (χ4n) is 4.29. The molecule has 224 valence electrons. The zero-order chi connectivity index (χ0) is 30.3. The van der Waals surface area contributed by atoms with Gasteiger partial charge in [0, 0.05) is 6.54 Å². The number of aromatic nitrogens is 3. The zero-order valence-electron chi connectivity index (χ0n) is 20.8. The molecule has 0 unspecified atom stereocenters. The highest BCUT2D eigenvalue weighted by atomic mass is 31.2. The van der Waals surface area contributed by atoms with Crippen LogP contribution in [0, 0.1) is 5.82 Å². The van der Waals surface area contributed by atoms with Crippen molar-refractivity contribution >= 4 is 7.75 Å². The lowest BCUT2D eigenvalue weighted by molar-refractivity contribution is -0.319. The standard InChI is InChI=1S/C23H22F7N4O6P/c1-12(14-8-15(22(25,26)27)10-16(9-14)23(28,29)30)40-20-19(13-2-4-17(24)5-3-13)33(6-7-39-20)11-18-31-21(35)34(32-18)41(36,37)38/h2-5,8-10,12,19-20H,6-7,11H2,1H3,(H,31,32,35)(H2,36,37,38)/p-2/t12-,19+,20-/m1/s1. The largest absolute Gasteiger partial charge is 0.793 e. The zero-order valence-corrected chi connectivity index (χ0v) is 21.7. The molecule has 0 amide bonds. The van der Waals surface area contributed by atoms with Crippen molar-refractivity contribution in [2.45, 2.75) is 44.3 Å². The average molecular weight is 612 g/mol. The lowest BCUT2D eigenvalue weighted by Gasteiger charge is -2.41. The minimum absolute atomic E-state index is 0.0149. The van der Waals surface area contributed by atoms with Gasteiger partial charge in [0.15, 0.2) is 6.29 Å². The molecular formula is C23H20F7N4O6P-2. The number of halogens is 7. The maximum atomic E-state index is 13.7. The number of morpholine rings is 1. The third-order valence-electron chi connectivity index (χ3n) is 6.17. The fraction of sp³-hybridized carbons (Fsp3) is 0.391. The lowest BCUT2D eigenvalue weighted by Crippen LogP contribution is -2.46. The van der Waals surface area contributed by atoms with Crippen LogP contribution in [0.4, 0.5) is 30.7 Å². The van der Waals surface area contributed by atoms with Gasteiger partial charge in [-0.1, -0.05) is 12.1 Å². The van der Waals surface area contributed by atoms with Gasteiger partial charge in [-0.05, 0) is 48.4 Å². The lowest BCUT2D eigenvalue weighted by atomic mass is 10.0. The van der Waals surface area contributed by atoms with E-state index in [0.717, 1.165) is 12.1 Å². The molecule has 0 spiro atoms. The Balaban J connectivity index is 1.68. The SMILES string of the molecule is C[C@@H](O[C@H]1OCCN(Cc2nn(P(=O)([O-])[O-])c(=O)[nH]2)[C@H]1c1ccc(F)cc1)c1cc(C(F)(F)F)cc(C(F)(F)F)c1. The maximum Gasteiger partial charge on any atom is 0.416 e. The Bertz CT molecular complexity index is 1450. The Morgan fingerprint density at radius 3 is 2.20 bits per heavy atom. The van der Waals surface area contributed by atoms with Gasteiger partial charge in [0.25, 0.3) is 0 Å². The van der Waals surface area contributed by atoms with E-state index in [-0.39, 0.29) is 36.0 Å². The second kappa shape index (κ2) is 11.3. The first-order valence-electron chi connectivity index (χ1n) is 11.7.